The van der Waals surface area contributed by atoms with E-state index >= 15 is 0 Å². The lowest BCUT2D eigenvalue weighted by Gasteiger charge is -2.24. The topological polar surface area (TPSA) is 29.1 Å². The van der Waals surface area contributed by atoms with Crippen molar-refractivity contribution in [2.45, 2.75) is 63.7 Å². The Morgan fingerprint density at radius 1 is 1.38 bits per heavy atom. The molecule has 0 aromatic heterocycles. The minimum Gasteiger partial charge on any atom is -0.242 e. The van der Waals surface area contributed by atoms with Gasteiger partial charge in [-0.25, -0.2) is 8.93 Å². The van der Waals surface area contributed by atoms with Crippen molar-refractivity contribution in [2.24, 2.45) is 0 Å². The van der Waals surface area contributed by atoms with Crippen molar-refractivity contribution in [1.82, 2.24) is 4.72 Å². The van der Waals surface area contributed by atoms with Crippen LogP contribution in [0.2, 0.25) is 0 Å². The van der Waals surface area contributed by atoms with Crippen LogP contribution in [0.3, 0.4) is 0 Å². The Morgan fingerprint density at radius 3 is 2.23 bits per heavy atom. The van der Waals surface area contributed by atoms with Gasteiger partial charge in [-0.15, -0.1) is 0 Å². The highest BCUT2D eigenvalue weighted by molar-refractivity contribution is 7.84. The molecule has 1 rings (SSSR count). The highest BCUT2D eigenvalue weighted by Gasteiger charge is 2.48. The van der Waals surface area contributed by atoms with Crippen molar-refractivity contribution < 1.29 is 4.21 Å². The summed E-state index contributed by atoms with van der Waals surface area (Å²) in [7, 11) is -0.839. The fraction of sp³-hybridized carbons (Fsp3) is 1.00. The van der Waals surface area contributed by atoms with Crippen LogP contribution in [0.1, 0.15) is 53.4 Å². The Labute approximate surface area is 84.1 Å². The fourth-order valence-corrected chi connectivity index (χ4v) is 3.14. The SMILES string of the molecule is CCCC1(S(=O)NC(C)(C)C)CC1. The molecule has 1 unspecified atom stereocenters. The smallest absolute Gasteiger partial charge is 0.0983 e. The standard InChI is InChI=1S/C10H21NOS/c1-5-6-10(7-8-10)13(12)11-9(2,3)4/h11H,5-8H2,1-4H3. The molecule has 3 heteroatoms. The molecule has 0 aromatic carbocycles. The molecule has 13 heavy (non-hydrogen) atoms. The number of hydrogen-bond donors (Lipinski definition) is 1. The van der Waals surface area contributed by atoms with E-state index in [1.54, 1.807) is 0 Å². The second-order valence-corrected chi connectivity index (χ2v) is 6.66. The predicted molar refractivity (Wildman–Crippen MR) is 57.9 cm³/mol. The van der Waals surface area contributed by atoms with Gasteiger partial charge in [-0.1, -0.05) is 13.3 Å². The second-order valence-electron chi connectivity index (χ2n) is 5.05. The highest BCUT2D eigenvalue weighted by atomic mass is 32.2. The van der Waals surface area contributed by atoms with Gasteiger partial charge < -0.3 is 0 Å². The Bertz CT molecular complexity index is 203. The predicted octanol–water partition coefficient (Wildman–Crippen LogP) is 2.37. The Kier molecular flexibility index (Phi) is 3.18. The van der Waals surface area contributed by atoms with E-state index in [2.05, 4.69) is 32.4 Å². The van der Waals surface area contributed by atoms with Crippen LogP contribution in [0.15, 0.2) is 0 Å². The zero-order chi connectivity index (χ0) is 10.1. The number of rotatable bonds is 4. The fourth-order valence-electron chi connectivity index (χ4n) is 1.51. The summed E-state index contributed by atoms with van der Waals surface area (Å²) in [6.45, 7) is 8.35. The molecule has 0 radical (unpaired) electrons. The molecular formula is C10H21NOS. The summed E-state index contributed by atoms with van der Waals surface area (Å²) in [5.41, 5.74) is -0.0335. The van der Waals surface area contributed by atoms with E-state index < -0.39 is 11.0 Å². The zero-order valence-electron chi connectivity index (χ0n) is 9.14. The largest absolute Gasteiger partial charge is 0.242 e. The van der Waals surface area contributed by atoms with Crippen LogP contribution >= 0.6 is 0 Å². The second kappa shape index (κ2) is 3.70. The van der Waals surface area contributed by atoms with Crippen molar-refractivity contribution in [3.05, 3.63) is 0 Å². The summed E-state index contributed by atoms with van der Waals surface area (Å²) in [5.74, 6) is 0. The maximum absolute atomic E-state index is 11.9. The van der Waals surface area contributed by atoms with E-state index in [0.29, 0.717) is 0 Å². The molecule has 1 saturated carbocycles. The van der Waals surface area contributed by atoms with Crippen LogP contribution in [0.5, 0.6) is 0 Å². The van der Waals surface area contributed by atoms with E-state index in [1.165, 1.54) is 0 Å². The molecule has 78 valence electrons. The van der Waals surface area contributed by atoms with E-state index in [-0.39, 0.29) is 10.3 Å². The van der Waals surface area contributed by atoms with Crippen LogP contribution in [0.25, 0.3) is 0 Å². The van der Waals surface area contributed by atoms with Gasteiger partial charge in [0, 0.05) is 5.54 Å². The molecule has 0 spiro atoms. The molecule has 0 saturated heterocycles. The summed E-state index contributed by atoms with van der Waals surface area (Å²) >= 11 is 0. The van der Waals surface area contributed by atoms with Crippen LogP contribution in [-0.2, 0) is 11.0 Å². The van der Waals surface area contributed by atoms with Crippen molar-refractivity contribution in [1.29, 1.82) is 0 Å². The first kappa shape index (κ1) is 11.2. The van der Waals surface area contributed by atoms with Crippen molar-refractivity contribution in [3.8, 4) is 0 Å². The molecule has 0 amide bonds. The van der Waals surface area contributed by atoms with Gasteiger partial charge in [0.15, 0.2) is 0 Å². The molecule has 1 aliphatic carbocycles. The van der Waals surface area contributed by atoms with E-state index in [9.17, 15) is 4.21 Å². The number of nitrogens with one attached hydrogen (secondary N) is 1. The summed E-state index contributed by atoms with van der Waals surface area (Å²) in [6, 6.07) is 0. The highest BCUT2D eigenvalue weighted by Crippen LogP contribution is 2.45. The Morgan fingerprint density at radius 2 is 1.92 bits per heavy atom. The van der Waals surface area contributed by atoms with Crippen molar-refractivity contribution in [3.63, 3.8) is 0 Å². The lowest BCUT2D eigenvalue weighted by atomic mass is 10.1. The monoisotopic (exact) mass is 203 g/mol. The van der Waals surface area contributed by atoms with E-state index in [0.717, 1.165) is 25.7 Å². The third-order valence-electron chi connectivity index (χ3n) is 2.31. The summed E-state index contributed by atoms with van der Waals surface area (Å²) in [6.07, 6.45) is 4.51. The summed E-state index contributed by atoms with van der Waals surface area (Å²) < 4.78 is 15.2. The minimum absolute atomic E-state index is 0.0335. The van der Waals surface area contributed by atoms with Gasteiger partial charge in [-0.3, -0.25) is 0 Å². The Balaban J connectivity index is 2.48. The maximum Gasteiger partial charge on any atom is 0.0983 e. The van der Waals surface area contributed by atoms with Gasteiger partial charge in [0.1, 0.15) is 0 Å². The molecule has 0 heterocycles. The van der Waals surface area contributed by atoms with Gasteiger partial charge in [0.25, 0.3) is 0 Å². The molecule has 1 N–H and O–H groups in total. The quantitative estimate of drug-likeness (QED) is 0.746. The summed E-state index contributed by atoms with van der Waals surface area (Å²) in [5, 5.41) is 0. The number of hydrogen-bond acceptors (Lipinski definition) is 1. The van der Waals surface area contributed by atoms with Crippen molar-refractivity contribution >= 4 is 11.0 Å². The third kappa shape index (κ3) is 3.06. The van der Waals surface area contributed by atoms with Gasteiger partial charge in [0.2, 0.25) is 0 Å². The molecule has 0 aliphatic heterocycles. The zero-order valence-corrected chi connectivity index (χ0v) is 9.96. The van der Waals surface area contributed by atoms with Gasteiger partial charge in [0.05, 0.1) is 15.7 Å². The third-order valence-corrected chi connectivity index (χ3v) is 4.50. The van der Waals surface area contributed by atoms with Gasteiger partial charge in [-0.05, 0) is 40.0 Å². The lowest BCUT2D eigenvalue weighted by Crippen LogP contribution is -2.42. The normalized spacial score (nSPS) is 22.8. The Hall–Kier alpha value is 0.110. The first-order chi connectivity index (χ1) is 5.90. The molecule has 0 aromatic rings. The average molecular weight is 203 g/mol. The van der Waals surface area contributed by atoms with Gasteiger partial charge in [-0.2, -0.15) is 0 Å². The lowest BCUT2D eigenvalue weighted by molar-refractivity contribution is 0.511. The van der Waals surface area contributed by atoms with Gasteiger partial charge >= 0.3 is 0 Å². The van der Waals surface area contributed by atoms with Crippen LogP contribution in [0.4, 0.5) is 0 Å². The molecule has 1 atom stereocenters. The van der Waals surface area contributed by atoms with Crippen molar-refractivity contribution in [2.75, 3.05) is 0 Å². The molecule has 0 bridgehead atoms. The molecular weight excluding hydrogens is 182 g/mol. The first-order valence-electron chi connectivity index (χ1n) is 5.09. The molecule has 1 aliphatic rings. The van der Waals surface area contributed by atoms with Crippen LogP contribution in [0, 0.1) is 0 Å². The van der Waals surface area contributed by atoms with E-state index in [4.69, 9.17) is 0 Å². The molecule has 2 nitrogen and oxygen atoms in total. The molecule has 1 fully saturated rings. The average Bonchev–Trinajstić information content (AvgIpc) is 2.66. The summed E-state index contributed by atoms with van der Waals surface area (Å²) in [4.78, 5) is 0. The maximum atomic E-state index is 11.9. The van der Waals surface area contributed by atoms with E-state index in [1.807, 2.05) is 0 Å². The first-order valence-corrected chi connectivity index (χ1v) is 6.24. The van der Waals surface area contributed by atoms with Crippen LogP contribution in [-0.4, -0.2) is 14.5 Å². The van der Waals surface area contributed by atoms with Crippen LogP contribution < -0.4 is 4.72 Å². The minimum atomic E-state index is -0.839.